The fraction of sp³-hybridized carbons (Fsp3) is 0.276. The molecule has 0 spiro atoms. The number of benzene rings is 3. The lowest BCUT2D eigenvalue weighted by atomic mass is 10.1. The number of rotatable bonds is 10. The minimum absolute atomic E-state index is 0.0322. The molecule has 0 N–H and O–H groups in total. The van der Waals surface area contributed by atoms with Gasteiger partial charge in [-0.05, 0) is 55.0 Å². The smallest absolute Gasteiger partial charge is 0.343 e. The van der Waals surface area contributed by atoms with E-state index in [1.165, 1.54) is 42.8 Å². The molecule has 194 valence electrons. The van der Waals surface area contributed by atoms with Gasteiger partial charge in [0, 0.05) is 5.56 Å². The first kappa shape index (κ1) is 27.7. The Balaban J connectivity index is 1.58. The normalized spacial score (nSPS) is 10.5. The quantitative estimate of drug-likeness (QED) is 0.0691. The molecular formula is C29H25F5O3. The Morgan fingerprint density at radius 1 is 0.757 bits per heavy atom. The molecule has 0 amide bonds. The number of ether oxygens (including phenoxy) is 2. The second kappa shape index (κ2) is 13.4. The SMILES string of the molecule is CCCCCCCCOc1ccc(C#Cc2ccc(OC(=O)c3cc(F)c(F)c(F)c3)cc2)c(F)c1F. The molecule has 0 aliphatic carbocycles. The average Bonchev–Trinajstić information content (AvgIpc) is 2.89. The zero-order valence-corrected chi connectivity index (χ0v) is 20.2. The van der Waals surface area contributed by atoms with Crippen LogP contribution in [0.25, 0.3) is 0 Å². The van der Waals surface area contributed by atoms with Crippen molar-refractivity contribution in [2.45, 2.75) is 45.4 Å². The standard InChI is InChI=1S/C29H25F5O3/c1-2-3-4-5-6-7-16-36-25-15-12-20(26(32)28(25)34)11-8-19-9-13-22(14-10-19)37-29(35)21-17-23(30)27(33)24(31)18-21/h9-10,12-15,17-18H,2-7,16H2,1H3. The molecule has 0 bridgehead atoms. The molecule has 0 aromatic heterocycles. The highest BCUT2D eigenvalue weighted by Crippen LogP contribution is 2.23. The van der Waals surface area contributed by atoms with Gasteiger partial charge in [-0.15, -0.1) is 0 Å². The molecule has 3 aromatic rings. The van der Waals surface area contributed by atoms with Gasteiger partial charge in [0.25, 0.3) is 0 Å². The van der Waals surface area contributed by atoms with Gasteiger partial charge in [-0.1, -0.05) is 50.9 Å². The Labute approximate surface area is 212 Å². The molecular weight excluding hydrogens is 491 g/mol. The summed E-state index contributed by atoms with van der Waals surface area (Å²) in [5.41, 5.74) is -0.251. The van der Waals surface area contributed by atoms with Crippen LogP contribution in [0.3, 0.4) is 0 Å². The van der Waals surface area contributed by atoms with Crippen molar-refractivity contribution in [3.05, 3.63) is 94.3 Å². The van der Waals surface area contributed by atoms with Gasteiger partial charge in [0.15, 0.2) is 29.0 Å². The predicted octanol–water partition coefficient (Wildman–Crippen LogP) is 7.74. The van der Waals surface area contributed by atoms with Crippen molar-refractivity contribution < 1.29 is 36.2 Å². The van der Waals surface area contributed by atoms with Crippen LogP contribution in [-0.4, -0.2) is 12.6 Å². The van der Waals surface area contributed by atoms with Gasteiger partial charge in [-0.3, -0.25) is 0 Å². The maximum absolute atomic E-state index is 14.4. The molecule has 0 saturated carbocycles. The van der Waals surface area contributed by atoms with Crippen molar-refractivity contribution >= 4 is 5.97 Å². The van der Waals surface area contributed by atoms with Crippen molar-refractivity contribution in [1.29, 1.82) is 0 Å². The lowest BCUT2D eigenvalue weighted by Gasteiger charge is -2.08. The van der Waals surface area contributed by atoms with Crippen molar-refractivity contribution in [2.75, 3.05) is 6.61 Å². The lowest BCUT2D eigenvalue weighted by Crippen LogP contribution is -2.10. The summed E-state index contributed by atoms with van der Waals surface area (Å²) in [7, 11) is 0. The third-order valence-corrected chi connectivity index (χ3v) is 5.43. The minimum atomic E-state index is -1.69. The van der Waals surface area contributed by atoms with E-state index in [2.05, 4.69) is 18.8 Å². The van der Waals surface area contributed by atoms with Gasteiger partial charge in [0.1, 0.15) is 5.75 Å². The Bertz CT molecular complexity index is 1270. The van der Waals surface area contributed by atoms with Crippen molar-refractivity contribution in [2.24, 2.45) is 0 Å². The Hall–Kier alpha value is -3.86. The predicted molar refractivity (Wildman–Crippen MR) is 129 cm³/mol. The second-order valence-electron chi connectivity index (χ2n) is 8.27. The molecule has 37 heavy (non-hydrogen) atoms. The maximum atomic E-state index is 14.4. The highest BCUT2D eigenvalue weighted by molar-refractivity contribution is 5.91. The van der Waals surface area contributed by atoms with E-state index in [0.717, 1.165) is 32.1 Å². The number of halogens is 5. The number of hydrogen-bond acceptors (Lipinski definition) is 3. The van der Waals surface area contributed by atoms with Gasteiger partial charge >= 0.3 is 5.97 Å². The van der Waals surface area contributed by atoms with E-state index in [9.17, 15) is 26.7 Å². The van der Waals surface area contributed by atoms with Crippen molar-refractivity contribution in [3.8, 4) is 23.3 Å². The van der Waals surface area contributed by atoms with Crippen LogP contribution in [0.2, 0.25) is 0 Å². The molecule has 0 aliphatic heterocycles. The minimum Gasteiger partial charge on any atom is -0.490 e. The van der Waals surface area contributed by atoms with Gasteiger partial charge in [-0.2, -0.15) is 4.39 Å². The van der Waals surface area contributed by atoms with Crippen LogP contribution in [0.4, 0.5) is 22.0 Å². The highest BCUT2D eigenvalue weighted by atomic mass is 19.2. The van der Waals surface area contributed by atoms with Crippen LogP contribution in [0.15, 0.2) is 48.5 Å². The van der Waals surface area contributed by atoms with E-state index < -0.39 is 40.6 Å². The highest BCUT2D eigenvalue weighted by Gasteiger charge is 2.17. The molecule has 0 heterocycles. The number of carbonyl (C=O) groups excluding carboxylic acids is 1. The van der Waals surface area contributed by atoms with Crippen LogP contribution in [0.1, 0.15) is 66.9 Å². The Kier molecular flexibility index (Phi) is 10.1. The molecule has 0 aliphatic rings. The monoisotopic (exact) mass is 516 g/mol. The topological polar surface area (TPSA) is 35.5 Å². The van der Waals surface area contributed by atoms with Gasteiger partial charge in [-0.25, -0.2) is 22.4 Å². The summed E-state index contributed by atoms with van der Waals surface area (Å²) in [6, 6.07) is 9.34. The number of carbonyl (C=O) groups is 1. The molecule has 0 saturated heterocycles. The molecule has 3 nitrogen and oxygen atoms in total. The first-order valence-electron chi connectivity index (χ1n) is 11.9. The fourth-order valence-electron chi connectivity index (χ4n) is 3.39. The van der Waals surface area contributed by atoms with E-state index in [-0.39, 0.29) is 17.1 Å². The van der Waals surface area contributed by atoms with E-state index in [1.54, 1.807) is 0 Å². The molecule has 0 atom stereocenters. The summed E-state index contributed by atoms with van der Waals surface area (Å²) < 4.78 is 78.9. The Morgan fingerprint density at radius 3 is 2.08 bits per heavy atom. The third kappa shape index (κ3) is 7.81. The van der Waals surface area contributed by atoms with Crippen LogP contribution in [0.5, 0.6) is 11.5 Å². The maximum Gasteiger partial charge on any atom is 0.343 e. The van der Waals surface area contributed by atoms with Crippen LogP contribution >= 0.6 is 0 Å². The Morgan fingerprint density at radius 2 is 1.41 bits per heavy atom. The molecule has 3 aromatic carbocycles. The summed E-state index contributed by atoms with van der Waals surface area (Å²) in [5, 5.41) is 0. The van der Waals surface area contributed by atoms with E-state index in [4.69, 9.17) is 9.47 Å². The summed E-state index contributed by atoms with van der Waals surface area (Å²) in [6.45, 7) is 2.44. The third-order valence-electron chi connectivity index (χ3n) is 5.43. The van der Waals surface area contributed by atoms with Crippen molar-refractivity contribution in [1.82, 2.24) is 0 Å². The summed E-state index contributed by atoms with van der Waals surface area (Å²) in [4.78, 5) is 12.1. The molecule has 3 rings (SSSR count). The van der Waals surface area contributed by atoms with Gasteiger partial charge < -0.3 is 9.47 Å². The van der Waals surface area contributed by atoms with Crippen LogP contribution in [-0.2, 0) is 0 Å². The summed E-state index contributed by atoms with van der Waals surface area (Å²) in [6.07, 6.45) is 6.30. The summed E-state index contributed by atoms with van der Waals surface area (Å²) in [5.74, 6) is -2.93. The number of esters is 1. The van der Waals surface area contributed by atoms with Gasteiger partial charge in [0.05, 0.1) is 17.7 Å². The van der Waals surface area contributed by atoms with Crippen molar-refractivity contribution in [3.63, 3.8) is 0 Å². The molecule has 0 fully saturated rings. The first-order valence-corrected chi connectivity index (χ1v) is 11.9. The largest absolute Gasteiger partial charge is 0.490 e. The first-order chi connectivity index (χ1) is 17.8. The zero-order valence-electron chi connectivity index (χ0n) is 20.2. The zero-order chi connectivity index (χ0) is 26.8. The average molecular weight is 517 g/mol. The second-order valence-corrected chi connectivity index (χ2v) is 8.27. The van der Waals surface area contributed by atoms with E-state index in [1.807, 2.05) is 0 Å². The number of unbranched alkanes of at least 4 members (excludes halogenated alkanes) is 5. The summed E-state index contributed by atoms with van der Waals surface area (Å²) >= 11 is 0. The van der Waals surface area contributed by atoms with E-state index >= 15 is 0 Å². The molecule has 0 unspecified atom stereocenters. The fourth-order valence-corrected chi connectivity index (χ4v) is 3.39. The molecule has 8 heteroatoms. The molecule has 0 radical (unpaired) electrons. The lowest BCUT2D eigenvalue weighted by molar-refractivity contribution is 0.0733. The van der Waals surface area contributed by atoms with Crippen LogP contribution < -0.4 is 9.47 Å². The van der Waals surface area contributed by atoms with E-state index in [0.29, 0.717) is 24.3 Å². The van der Waals surface area contributed by atoms with Crippen LogP contribution in [0, 0.1) is 40.9 Å². The van der Waals surface area contributed by atoms with Gasteiger partial charge in [0.2, 0.25) is 5.82 Å². The number of hydrogen-bond donors (Lipinski definition) is 0.